The van der Waals surface area contributed by atoms with Crippen molar-refractivity contribution in [3.05, 3.63) is 24.3 Å². The Morgan fingerprint density at radius 3 is 2.65 bits per heavy atom. The van der Waals surface area contributed by atoms with E-state index in [1.165, 1.54) is 0 Å². The molecule has 4 heteroatoms. The van der Waals surface area contributed by atoms with Gasteiger partial charge >= 0.3 is 0 Å². The van der Waals surface area contributed by atoms with Crippen LogP contribution in [0.15, 0.2) is 24.3 Å². The summed E-state index contributed by atoms with van der Waals surface area (Å²) in [5, 5.41) is 7.86. The van der Waals surface area contributed by atoms with E-state index in [1.807, 2.05) is 18.2 Å². The van der Waals surface area contributed by atoms with Crippen LogP contribution in [0.4, 0.5) is 11.8 Å². The molecule has 2 N–H and O–H groups in total. The van der Waals surface area contributed by atoms with Crippen LogP contribution in [0, 0.1) is 0 Å². The second-order valence-electron chi connectivity index (χ2n) is 5.17. The van der Waals surface area contributed by atoms with E-state index < -0.39 is 0 Å². The van der Waals surface area contributed by atoms with E-state index in [-0.39, 0.29) is 0 Å². The van der Waals surface area contributed by atoms with Gasteiger partial charge < -0.3 is 10.6 Å². The highest BCUT2D eigenvalue weighted by Crippen LogP contribution is 2.23. The normalized spacial score (nSPS) is 12.3. The maximum Gasteiger partial charge on any atom is 0.225 e. The predicted molar refractivity (Wildman–Crippen MR) is 86.3 cm³/mol. The summed E-state index contributed by atoms with van der Waals surface area (Å²) in [5.74, 6) is 1.63. The minimum atomic E-state index is 0.414. The van der Waals surface area contributed by atoms with Crippen LogP contribution in [0.1, 0.15) is 40.0 Å². The Morgan fingerprint density at radius 1 is 1.10 bits per heavy atom. The van der Waals surface area contributed by atoms with Crippen LogP contribution in [0.3, 0.4) is 0 Å². The van der Waals surface area contributed by atoms with Gasteiger partial charge in [0.1, 0.15) is 5.82 Å². The van der Waals surface area contributed by atoms with Crippen LogP contribution in [-0.4, -0.2) is 22.6 Å². The fourth-order valence-corrected chi connectivity index (χ4v) is 2.24. The van der Waals surface area contributed by atoms with Gasteiger partial charge in [-0.15, -0.1) is 0 Å². The molecule has 0 aliphatic carbocycles. The second-order valence-corrected chi connectivity index (χ2v) is 5.17. The smallest absolute Gasteiger partial charge is 0.225 e. The molecule has 0 saturated heterocycles. The minimum Gasteiger partial charge on any atom is -0.367 e. The topological polar surface area (TPSA) is 49.8 Å². The molecule has 0 spiro atoms. The molecule has 20 heavy (non-hydrogen) atoms. The molecule has 0 radical (unpaired) electrons. The first-order valence-electron chi connectivity index (χ1n) is 7.51. The molecule has 1 heterocycles. The Balaban J connectivity index is 2.33. The van der Waals surface area contributed by atoms with Gasteiger partial charge in [-0.1, -0.05) is 32.4 Å². The van der Waals surface area contributed by atoms with Crippen molar-refractivity contribution in [1.29, 1.82) is 0 Å². The van der Waals surface area contributed by atoms with Gasteiger partial charge in [-0.2, -0.15) is 4.98 Å². The van der Waals surface area contributed by atoms with E-state index in [4.69, 9.17) is 0 Å². The molecule has 4 nitrogen and oxygen atoms in total. The molecule has 1 atom stereocenters. The molecule has 108 valence electrons. The molecule has 0 bridgehead atoms. The van der Waals surface area contributed by atoms with E-state index in [0.717, 1.165) is 42.5 Å². The molecular weight excluding hydrogens is 248 g/mol. The van der Waals surface area contributed by atoms with E-state index in [9.17, 15) is 0 Å². The maximum atomic E-state index is 4.63. The van der Waals surface area contributed by atoms with E-state index >= 15 is 0 Å². The number of rotatable bonds is 7. The Labute approximate surface area is 121 Å². The van der Waals surface area contributed by atoms with Gasteiger partial charge in [-0.25, -0.2) is 4.98 Å². The summed E-state index contributed by atoms with van der Waals surface area (Å²) in [4.78, 5) is 9.19. The second kappa shape index (κ2) is 7.08. The van der Waals surface area contributed by atoms with Crippen LogP contribution in [0.2, 0.25) is 0 Å². The number of hydrogen-bond donors (Lipinski definition) is 2. The molecule has 1 unspecified atom stereocenters. The highest BCUT2D eigenvalue weighted by molar-refractivity contribution is 5.90. The van der Waals surface area contributed by atoms with Crippen LogP contribution in [0.5, 0.6) is 0 Å². The Hall–Kier alpha value is -1.84. The van der Waals surface area contributed by atoms with Crippen LogP contribution < -0.4 is 10.6 Å². The minimum absolute atomic E-state index is 0.414. The lowest BCUT2D eigenvalue weighted by atomic mass is 10.2. The van der Waals surface area contributed by atoms with Crippen LogP contribution >= 0.6 is 0 Å². The Morgan fingerprint density at radius 2 is 1.90 bits per heavy atom. The number of nitrogens with zero attached hydrogens (tertiary/aromatic N) is 2. The average Bonchev–Trinajstić information content (AvgIpc) is 2.45. The molecule has 1 aromatic carbocycles. The first kappa shape index (κ1) is 14.6. The van der Waals surface area contributed by atoms with Crippen molar-refractivity contribution in [2.45, 2.75) is 46.1 Å². The zero-order valence-electron chi connectivity index (χ0n) is 12.6. The molecule has 0 amide bonds. The van der Waals surface area contributed by atoms with Crippen LogP contribution in [0.25, 0.3) is 10.9 Å². The standard InChI is InChI=1S/C16H24N4/c1-4-8-12(3)18-15-13-9-6-7-10-14(13)19-16(20-15)17-11-5-2/h6-7,9-10,12H,4-5,8,11H2,1-3H3,(H2,17,18,19,20). The van der Waals surface area contributed by atoms with E-state index in [2.05, 4.69) is 47.4 Å². The van der Waals surface area contributed by atoms with Crippen molar-refractivity contribution in [2.24, 2.45) is 0 Å². The average molecular weight is 272 g/mol. The van der Waals surface area contributed by atoms with Crippen molar-refractivity contribution < 1.29 is 0 Å². The summed E-state index contributed by atoms with van der Waals surface area (Å²) < 4.78 is 0. The summed E-state index contributed by atoms with van der Waals surface area (Å²) in [6, 6.07) is 8.56. The van der Waals surface area contributed by atoms with Gasteiger partial charge in [0.2, 0.25) is 5.95 Å². The third-order valence-corrected chi connectivity index (χ3v) is 3.24. The lowest BCUT2D eigenvalue weighted by Gasteiger charge is -2.16. The van der Waals surface area contributed by atoms with Gasteiger partial charge in [0.25, 0.3) is 0 Å². The molecular formula is C16H24N4. The first-order chi connectivity index (χ1) is 9.74. The van der Waals surface area contributed by atoms with E-state index in [1.54, 1.807) is 0 Å². The number of nitrogens with one attached hydrogen (secondary N) is 2. The number of benzene rings is 1. The number of fused-ring (bicyclic) bond motifs is 1. The summed E-state index contributed by atoms with van der Waals surface area (Å²) in [7, 11) is 0. The predicted octanol–water partition coefficient (Wildman–Crippen LogP) is 4.05. The maximum absolute atomic E-state index is 4.63. The van der Waals surface area contributed by atoms with Gasteiger partial charge in [0.15, 0.2) is 0 Å². The zero-order valence-corrected chi connectivity index (χ0v) is 12.6. The van der Waals surface area contributed by atoms with E-state index in [0.29, 0.717) is 12.0 Å². The van der Waals surface area contributed by atoms with Gasteiger partial charge in [0.05, 0.1) is 5.52 Å². The molecule has 0 aliphatic heterocycles. The van der Waals surface area contributed by atoms with Gasteiger partial charge in [0, 0.05) is 18.0 Å². The quantitative estimate of drug-likeness (QED) is 0.798. The lowest BCUT2D eigenvalue weighted by Crippen LogP contribution is -2.17. The monoisotopic (exact) mass is 272 g/mol. The Kier molecular flexibility index (Phi) is 5.16. The molecule has 0 fully saturated rings. The zero-order chi connectivity index (χ0) is 14.4. The molecule has 2 rings (SSSR count). The van der Waals surface area contributed by atoms with Gasteiger partial charge in [-0.05, 0) is 31.9 Å². The number of para-hydroxylation sites is 1. The third-order valence-electron chi connectivity index (χ3n) is 3.24. The molecule has 1 aromatic heterocycles. The molecule has 0 saturated carbocycles. The van der Waals surface area contributed by atoms with Crippen molar-refractivity contribution in [3.63, 3.8) is 0 Å². The summed E-state index contributed by atoms with van der Waals surface area (Å²) >= 11 is 0. The number of hydrogen-bond acceptors (Lipinski definition) is 4. The largest absolute Gasteiger partial charge is 0.367 e. The van der Waals surface area contributed by atoms with Crippen molar-refractivity contribution in [3.8, 4) is 0 Å². The summed E-state index contributed by atoms with van der Waals surface area (Å²) in [6.07, 6.45) is 3.36. The summed E-state index contributed by atoms with van der Waals surface area (Å²) in [5.41, 5.74) is 0.979. The number of aromatic nitrogens is 2. The molecule has 2 aromatic rings. The molecule has 0 aliphatic rings. The highest BCUT2D eigenvalue weighted by atomic mass is 15.1. The van der Waals surface area contributed by atoms with Crippen molar-refractivity contribution in [2.75, 3.05) is 17.2 Å². The van der Waals surface area contributed by atoms with Crippen molar-refractivity contribution in [1.82, 2.24) is 9.97 Å². The fraction of sp³-hybridized carbons (Fsp3) is 0.500. The lowest BCUT2D eigenvalue weighted by molar-refractivity contribution is 0.688. The Bertz CT molecular complexity index is 553. The fourth-order valence-electron chi connectivity index (χ4n) is 2.24. The number of anilines is 2. The summed E-state index contributed by atoms with van der Waals surface area (Å²) in [6.45, 7) is 7.42. The first-order valence-corrected chi connectivity index (χ1v) is 7.51. The van der Waals surface area contributed by atoms with Gasteiger partial charge in [-0.3, -0.25) is 0 Å². The van der Waals surface area contributed by atoms with Crippen LogP contribution in [-0.2, 0) is 0 Å². The third kappa shape index (κ3) is 3.59. The van der Waals surface area contributed by atoms with Crippen molar-refractivity contribution >= 4 is 22.7 Å². The highest BCUT2D eigenvalue weighted by Gasteiger charge is 2.09. The SMILES string of the molecule is CCCNc1nc(NC(C)CCC)c2ccccc2n1.